The minimum Gasteiger partial charge on any atom is -0.343 e. The summed E-state index contributed by atoms with van der Waals surface area (Å²) in [4.78, 5) is 26.2. The van der Waals surface area contributed by atoms with E-state index in [9.17, 15) is 22.8 Å². The van der Waals surface area contributed by atoms with Gasteiger partial charge in [-0.3, -0.25) is 9.59 Å². The predicted molar refractivity (Wildman–Crippen MR) is 155 cm³/mol. The molecule has 3 rings (SSSR count). The summed E-state index contributed by atoms with van der Waals surface area (Å²) in [5.41, 5.74) is 18.1. The first-order chi connectivity index (χ1) is 19.6. The summed E-state index contributed by atoms with van der Waals surface area (Å²) in [6.45, 7) is 3.24. The number of likely N-dealkylation sites (N-methyl/N-ethyl adjacent to an activating group) is 1. The number of nitrogens with zero attached hydrogens (tertiary/aromatic N) is 1. The topological polar surface area (TPSA) is 136 Å². The molecule has 0 spiro atoms. The number of quaternary nitrogens is 1. The SMILES string of the molecule is C[N+](CCN)(CCN)CCC[C@H](N)C(=O)N[C@@H](CCc1ccc2ccccc2c1)C(=O)Nc1ccc(F)c(F)c1F. The molecule has 0 unspecified atom stereocenters. The van der Waals surface area contributed by atoms with Crippen molar-refractivity contribution in [1.29, 1.82) is 0 Å². The third kappa shape index (κ3) is 8.99. The van der Waals surface area contributed by atoms with Crippen LogP contribution >= 0.6 is 0 Å². The number of aryl methyl sites for hydroxylation is 1. The maximum absolute atomic E-state index is 14.3. The van der Waals surface area contributed by atoms with Gasteiger partial charge in [-0.15, -0.1) is 0 Å². The van der Waals surface area contributed by atoms with Crippen LogP contribution in [-0.4, -0.2) is 68.2 Å². The normalized spacial score (nSPS) is 13.1. The van der Waals surface area contributed by atoms with Gasteiger partial charge in [0.25, 0.3) is 0 Å². The highest BCUT2D eigenvalue weighted by atomic mass is 19.2. The number of carbonyl (C=O) groups excluding carboxylic acids is 2. The van der Waals surface area contributed by atoms with Gasteiger partial charge in [-0.1, -0.05) is 42.5 Å². The van der Waals surface area contributed by atoms with Gasteiger partial charge in [0.15, 0.2) is 17.5 Å². The highest BCUT2D eigenvalue weighted by Crippen LogP contribution is 2.21. The number of carbonyl (C=O) groups is 2. The van der Waals surface area contributed by atoms with Crippen molar-refractivity contribution < 1.29 is 27.2 Å². The zero-order valence-electron chi connectivity index (χ0n) is 23.3. The number of rotatable bonds is 15. The molecule has 0 aliphatic carbocycles. The fourth-order valence-electron chi connectivity index (χ4n) is 4.88. The van der Waals surface area contributed by atoms with Gasteiger partial charge in [0.2, 0.25) is 11.8 Å². The van der Waals surface area contributed by atoms with Crippen molar-refractivity contribution in [3.8, 4) is 0 Å². The molecule has 0 heterocycles. The van der Waals surface area contributed by atoms with Gasteiger partial charge in [-0.05, 0) is 54.2 Å². The van der Waals surface area contributed by atoms with E-state index in [-0.39, 0.29) is 6.42 Å². The largest absolute Gasteiger partial charge is 0.343 e. The van der Waals surface area contributed by atoms with E-state index in [2.05, 4.69) is 17.7 Å². The van der Waals surface area contributed by atoms with Crippen LogP contribution in [0.2, 0.25) is 0 Å². The van der Waals surface area contributed by atoms with Gasteiger partial charge in [0.1, 0.15) is 6.04 Å². The maximum atomic E-state index is 14.3. The lowest BCUT2D eigenvalue weighted by Crippen LogP contribution is -2.52. The van der Waals surface area contributed by atoms with E-state index in [0.29, 0.717) is 42.9 Å². The van der Waals surface area contributed by atoms with Crippen molar-refractivity contribution in [2.45, 2.75) is 37.8 Å². The second kappa shape index (κ2) is 14.9. The number of hydrogen-bond donors (Lipinski definition) is 5. The number of anilines is 1. The van der Waals surface area contributed by atoms with E-state index in [1.54, 1.807) is 0 Å². The lowest BCUT2D eigenvalue weighted by molar-refractivity contribution is -0.907. The highest BCUT2D eigenvalue weighted by Gasteiger charge is 2.26. The van der Waals surface area contributed by atoms with E-state index in [0.717, 1.165) is 42.0 Å². The van der Waals surface area contributed by atoms with E-state index in [1.165, 1.54) is 0 Å². The lowest BCUT2D eigenvalue weighted by atomic mass is 10.0. The van der Waals surface area contributed by atoms with E-state index >= 15 is 0 Å². The Bertz CT molecular complexity index is 1330. The van der Waals surface area contributed by atoms with Crippen molar-refractivity contribution in [2.75, 3.05) is 45.1 Å². The molecule has 0 aliphatic heterocycles. The summed E-state index contributed by atoms with van der Waals surface area (Å²) in [6.07, 6.45) is 1.58. The highest BCUT2D eigenvalue weighted by molar-refractivity contribution is 5.98. The molecule has 0 radical (unpaired) electrons. The van der Waals surface area contributed by atoms with Gasteiger partial charge in [0.05, 0.1) is 38.4 Å². The molecular weight excluding hydrogens is 533 g/mol. The van der Waals surface area contributed by atoms with Gasteiger partial charge in [-0.25, -0.2) is 13.2 Å². The zero-order chi connectivity index (χ0) is 30.0. The number of hydrogen-bond acceptors (Lipinski definition) is 5. The lowest BCUT2D eigenvalue weighted by Gasteiger charge is -2.34. The van der Waals surface area contributed by atoms with Gasteiger partial charge < -0.3 is 32.3 Å². The average Bonchev–Trinajstić information content (AvgIpc) is 2.95. The minimum absolute atomic E-state index is 0.163. The van der Waals surface area contributed by atoms with Crippen LogP contribution in [0.4, 0.5) is 18.9 Å². The van der Waals surface area contributed by atoms with Crippen LogP contribution in [0.3, 0.4) is 0 Å². The van der Waals surface area contributed by atoms with Crippen LogP contribution in [0.15, 0.2) is 54.6 Å². The Labute approximate surface area is 238 Å². The Morgan fingerprint density at radius 2 is 1.54 bits per heavy atom. The third-order valence-electron chi connectivity index (χ3n) is 7.35. The molecule has 0 fully saturated rings. The van der Waals surface area contributed by atoms with Crippen LogP contribution in [0.1, 0.15) is 24.8 Å². The maximum Gasteiger partial charge on any atom is 0.247 e. The molecule has 222 valence electrons. The van der Waals surface area contributed by atoms with Gasteiger partial charge >= 0.3 is 0 Å². The summed E-state index contributed by atoms with van der Waals surface area (Å²) < 4.78 is 42.1. The first kappa shape index (κ1) is 32.0. The number of nitrogens with two attached hydrogens (primary N) is 3. The molecule has 0 aromatic heterocycles. The third-order valence-corrected chi connectivity index (χ3v) is 7.35. The number of amides is 2. The fraction of sp³-hybridized carbons (Fsp3) is 0.400. The van der Waals surface area contributed by atoms with Crippen LogP contribution in [-0.2, 0) is 16.0 Å². The Kier molecular flexibility index (Phi) is 11.7. The smallest absolute Gasteiger partial charge is 0.247 e. The molecule has 3 aromatic carbocycles. The van der Waals surface area contributed by atoms with Crippen molar-refractivity contribution in [2.24, 2.45) is 17.2 Å². The monoisotopic (exact) mass is 573 g/mol. The van der Waals surface area contributed by atoms with Crippen molar-refractivity contribution in [3.63, 3.8) is 0 Å². The number of nitrogens with one attached hydrogen (secondary N) is 2. The molecule has 41 heavy (non-hydrogen) atoms. The summed E-state index contributed by atoms with van der Waals surface area (Å²) in [7, 11) is 2.05. The van der Waals surface area contributed by atoms with Crippen molar-refractivity contribution in [3.05, 3.63) is 77.6 Å². The molecule has 2 atom stereocenters. The molecule has 11 heteroatoms. The average molecular weight is 574 g/mol. The second-order valence-electron chi connectivity index (χ2n) is 10.6. The molecule has 0 bridgehead atoms. The Morgan fingerprint density at radius 1 is 0.854 bits per heavy atom. The van der Waals surface area contributed by atoms with E-state index in [4.69, 9.17) is 17.2 Å². The zero-order valence-corrected chi connectivity index (χ0v) is 23.3. The van der Waals surface area contributed by atoms with Gasteiger partial charge in [0, 0.05) is 13.1 Å². The molecule has 8 nitrogen and oxygen atoms in total. The molecule has 8 N–H and O–H groups in total. The van der Waals surface area contributed by atoms with Crippen LogP contribution < -0.4 is 27.8 Å². The van der Waals surface area contributed by atoms with Crippen LogP contribution in [0.5, 0.6) is 0 Å². The molecule has 0 aliphatic rings. The summed E-state index contributed by atoms with van der Waals surface area (Å²) in [5, 5.41) is 7.04. The Hall–Kier alpha value is -3.51. The van der Waals surface area contributed by atoms with Crippen molar-refractivity contribution >= 4 is 28.3 Å². The van der Waals surface area contributed by atoms with Crippen LogP contribution in [0, 0.1) is 17.5 Å². The fourth-order valence-corrected chi connectivity index (χ4v) is 4.88. The molecule has 2 amide bonds. The second-order valence-corrected chi connectivity index (χ2v) is 10.6. The van der Waals surface area contributed by atoms with Crippen LogP contribution in [0.25, 0.3) is 10.8 Å². The number of benzene rings is 3. The summed E-state index contributed by atoms with van der Waals surface area (Å²) in [5.74, 6) is -5.91. The minimum atomic E-state index is -1.70. The van der Waals surface area contributed by atoms with E-state index < -0.39 is 47.0 Å². The first-order valence-electron chi connectivity index (χ1n) is 13.8. The predicted octanol–water partition coefficient (Wildman–Crippen LogP) is 2.78. The summed E-state index contributed by atoms with van der Waals surface area (Å²) in [6, 6.07) is 13.4. The van der Waals surface area contributed by atoms with Crippen molar-refractivity contribution in [1.82, 2.24) is 5.32 Å². The standard InChI is InChI=1S/C30H39F3N6O2/c1-39(17-14-34,18-15-35)16-4-7-24(36)29(40)38-26(30(41)37-25-13-11-23(31)27(32)28(25)33)12-9-20-8-10-21-5-2-3-6-22(21)19-20/h2-3,5-6,8,10-11,13,19,24,26H,4,7,9,12,14-18,34-36H2,1H3,(H-,37,38,40,41)/p+1/t24-,26-/m0/s1. The first-order valence-corrected chi connectivity index (χ1v) is 13.8. The summed E-state index contributed by atoms with van der Waals surface area (Å²) >= 11 is 0. The number of halogens is 3. The molecule has 3 aromatic rings. The molecular formula is C30H40F3N6O2+. The van der Waals surface area contributed by atoms with Gasteiger partial charge in [-0.2, -0.15) is 0 Å². The quantitative estimate of drug-likeness (QED) is 0.141. The number of fused-ring (bicyclic) bond motifs is 1. The Morgan fingerprint density at radius 3 is 2.22 bits per heavy atom. The molecule has 0 saturated carbocycles. The molecule has 0 saturated heterocycles. The Balaban J connectivity index is 1.70. The van der Waals surface area contributed by atoms with E-state index in [1.807, 2.05) is 42.5 Å².